The first kappa shape index (κ1) is 9.43. The van der Waals surface area contributed by atoms with E-state index in [0.717, 1.165) is 24.2 Å². The lowest BCUT2D eigenvalue weighted by Crippen LogP contribution is -2.12. The molecule has 0 radical (unpaired) electrons. The number of rotatable bonds is 3. The van der Waals surface area contributed by atoms with Gasteiger partial charge in [-0.15, -0.1) is 0 Å². The summed E-state index contributed by atoms with van der Waals surface area (Å²) in [4.78, 5) is 3.92. The average Bonchev–Trinajstić information content (AvgIpc) is 2.60. The fraction of sp³-hybridized carbons (Fsp3) is 0.333. The van der Waals surface area contributed by atoms with Crippen LogP contribution in [0, 0.1) is 0 Å². The van der Waals surface area contributed by atoms with Gasteiger partial charge >= 0.3 is 0 Å². The van der Waals surface area contributed by atoms with E-state index in [1.807, 2.05) is 23.7 Å². The molecule has 0 amide bonds. The Bertz CT molecular complexity index is 437. The van der Waals surface area contributed by atoms with Gasteiger partial charge in [-0.25, -0.2) is 9.50 Å². The monoisotopic (exact) mass is 210 g/mol. The van der Waals surface area contributed by atoms with Crippen molar-refractivity contribution in [1.82, 2.24) is 19.9 Å². The summed E-state index contributed by atoms with van der Waals surface area (Å²) in [6.45, 7) is 0.924. The van der Waals surface area contributed by atoms with Crippen LogP contribution in [0.25, 0.3) is 5.52 Å². The molecule has 5 heteroatoms. The largest absolute Gasteiger partial charge is 0.319 e. The molecule has 14 heavy (non-hydrogen) atoms. The van der Waals surface area contributed by atoms with E-state index in [0.29, 0.717) is 5.15 Å². The van der Waals surface area contributed by atoms with Crippen LogP contribution in [0.15, 0.2) is 18.5 Å². The first-order valence-corrected chi connectivity index (χ1v) is 4.82. The van der Waals surface area contributed by atoms with Crippen LogP contribution < -0.4 is 5.32 Å². The Morgan fingerprint density at radius 3 is 3.14 bits per heavy atom. The number of likely N-dealkylation sites (N-methyl/N-ethyl adjacent to an activating group) is 1. The molecule has 0 spiro atoms. The fourth-order valence-electron chi connectivity index (χ4n) is 1.40. The van der Waals surface area contributed by atoms with Crippen LogP contribution in [0.5, 0.6) is 0 Å². The third kappa shape index (κ3) is 1.58. The van der Waals surface area contributed by atoms with Crippen LogP contribution >= 0.6 is 11.6 Å². The molecule has 0 saturated heterocycles. The molecule has 1 N–H and O–H groups in total. The number of fused-ring (bicyclic) bond motifs is 1. The van der Waals surface area contributed by atoms with Gasteiger partial charge in [0, 0.05) is 18.7 Å². The highest BCUT2D eigenvalue weighted by Gasteiger charge is 2.05. The average molecular weight is 211 g/mol. The van der Waals surface area contributed by atoms with Crippen molar-refractivity contribution < 1.29 is 0 Å². The Morgan fingerprint density at radius 2 is 2.36 bits per heavy atom. The van der Waals surface area contributed by atoms with E-state index >= 15 is 0 Å². The highest BCUT2D eigenvalue weighted by Crippen LogP contribution is 2.15. The van der Waals surface area contributed by atoms with Crippen molar-refractivity contribution in [3.63, 3.8) is 0 Å². The minimum absolute atomic E-state index is 0.496. The Labute approximate surface area is 86.9 Å². The maximum atomic E-state index is 5.92. The standard InChI is InChI=1S/C9H11ClN4/c1-11-5-4-7-2-3-8-9(10)12-6-13-14(7)8/h2-3,6,11H,4-5H2,1H3. The molecule has 0 aromatic carbocycles. The Balaban J connectivity index is 2.42. The molecule has 74 valence electrons. The molecule has 2 aromatic heterocycles. The smallest absolute Gasteiger partial charge is 0.156 e. The molecule has 0 bridgehead atoms. The van der Waals surface area contributed by atoms with Crippen molar-refractivity contribution in [2.75, 3.05) is 13.6 Å². The molecular weight excluding hydrogens is 200 g/mol. The van der Waals surface area contributed by atoms with Crippen molar-refractivity contribution in [2.24, 2.45) is 0 Å². The van der Waals surface area contributed by atoms with Gasteiger partial charge in [0.2, 0.25) is 0 Å². The van der Waals surface area contributed by atoms with Crippen molar-refractivity contribution in [3.8, 4) is 0 Å². The summed E-state index contributed by atoms with van der Waals surface area (Å²) >= 11 is 5.92. The summed E-state index contributed by atoms with van der Waals surface area (Å²) in [7, 11) is 1.93. The lowest BCUT2D eigenvalue weighted by atomic mass is 10.3. The molecule has 0 unspecified atom stereocenters. The molecule has 0 atom stereocenters. The second-order valence-corrected chi connectivity index (χ2v) is 3.38. The zero-order valence-corrected chi connectivity index (χ0v) is 8.62. The summed E-state index contributed by atoms with van der Waals surface area (Å²) in [6, 6.07) is 3.96. The minimum Gasteiger partial charge on any atom is -0.319 e. The fourth-order valence-corrected chi connectivity index (χ4v) is 1.59. The number of hydrogen-bond acceptors (Lipinski definition) is 3. The second kappa shape index (κ2) is 3.94. The van der Waals surface area contributed by atoms with Gasteiger partial charge in [0.15, 0.2) is 5.15 Å². The van der Waals surface area contributed by atoms with E-state index in [1.54, 1.807) is 0 Å². The molecule has 4 nitrogen and oxygen atoms in total. The number of nitrogens with zero attached hydrogens (tertiary/aromatic N) is 3. The first-order valence-electron chi connectivity index (χ1n) is 4.44. The lowest BCUT2D eigenvalue weighted by molar-refractivity contribution is 0.744. The predicted octanol–water partition coefficient (Wildman–Crippen LogP) is 1.14. The van der Waals surface area contributed by atoms with Crippen molar-refractivity contribution in [3.05, 3.63) is 29.3 Å². The van der Waals surface area contributed by atoms with Gasteiger partial charge in [-0.3, -0.25) is 0 Å². The quantitative estimate of drug-likeness (QED) is 0.827. The Morgan fingerprint density at radius 1 is 1.50 bits per heavy atom. The van der Waals surface area contributed by atoms with Gasteiger partial charge in [-0.05, 0) is 19.2 Å². The van der Waals surface area contributed by atoms with Gasteiger partial charge in [0.1, 0.15) is 11.8 Å². The molecule has 2 heterocycles. The summed E-state index contributed by atoms with van der Waals surface area (Å²) in [5.41, 5.74) is 2.00. The predicted molar refractivity (Wildman–Crippen MR) is 55.6 cm³/mol. The lowest BCUT2D eigenvalue weighted by Gasteiger charge is -2.01. The zero-order chi connectivity index (χ0) is 9.97. The molecule has 0 saturated carbocycles. The topological polar surface area (TPSA) is 42.2 Å². The summed E-state index contributed by atoms with van der Waals surface area (Å²) < 4.78 is 1.83. The molecule has 0 aliphatic rings. The molecular formula is C9H11ClN4. The van der Waals surface area contributed by atoms with E-state index in [4.69, 9.17) is 11.6 Å². The van der Waals surface area contributed by atoms with Crippen molar-refractivity contribution in [2.45, 2.75) is 6.42 Å². The van der Waals surface area contributed by atoms with Crippen molar-refractivity contribution in [1.29, 1.82) is 0 Å². The van der Waals surface area contributed by atoms with E-state index in [9.17, 15) is 0 Å². The van der Waals surface area contributed by atoms with Crippen LogP contribution in [0.3, 0.4) is 0 Å². The summed E-state index contributed by atoms with van der Waals surface area (Å²) in [6.07, 6.45) is 2.40. The molecule has 0 fully saturated rings. The Hall–Kier alpha value is -1.13. The molecule has 0 aliphatic carbocycles. The van der Waals surface area contributed by atoms with Crippen LogP contribution in [-0.4, -0.2) is 28.2 Å². The van der Waals surface area contributed by atoms with Gasteiger partial charge in [0.05, 0.1) is 0 Å². The van der Waals surface area contributed by atoms with Crippen LogP contribution in [0.2, 0.25) is 5.15 Å². The first-order chi connectivity index (χ1) is 6.83. The van der Waals surface area contributed by atoms with Gasteiger partial charge < -0.3 is 5.32 Å². The third-order valence-electron chi connectivity index (χ3n) is 2.11. The maximum absolute atomic E-state index is 5.92. The highest BCUT2D eigenvalue weighted by molar-refractivity contribution is 6.32. The number of aromatic nitrogens is 3. The van der Waals surface area contributed by atoms with E-state index in [-0.39, 0.29) is 0 Å². The minimum atomic E-state index is 0.496. The van der Waals surface area contributed by atoms with Crippen LogP contribution in [-0.2, 0) is 6.42 Å². The van der Waals surface area contributed by atoms with Crippen LogP contribution in [0.1, 0.15) is 5.69 Å². The normalized spacial score (nSPS) is 11.0. The van der Waals surface area contributed by atoms with E-state index < -0.39 is 0 Å². The number of halogens is 1. The molecule has 0 aliphatic heterocycles. The van der Waals surface area contributed by atoms with Crippen LogP contribution in [0.4, 0.5) is 0 Å². The highest BCUT2D eigenvalue weighted by atomic mass is 35.5. The van der Waals surface area contributed by atoms with Gasteiger partial charge in [-0.2, -0.15) is 5.10 Å². The molecule has 2 aromatic rings. The maximum Gasteiger partial charge on any atom is 0.156 e. The van der Waals surface area contributed by atoms with Gasteiger partial charge in [-0.1, -0.05) is 11.6 Å². The van der Waals surface area contributed by atoms with E-state index in [2.05, 4.69) is 15.4 Å². The van der Waals surface area contributed by atoms with E-state index in [1.165, 1.54) is 6.33 Å². The zero-order valence-electron chi connectivity index (χ0n) is 7.87. The van der Waals surface area contributed by atoms with Gasteiger partial charge in [0.25, 0.3) is 0 Å². The SMILES string of the molecule is CNCCc1ccc2c(Cl)ncnn12. The summed E-state index contributed by atoms with van der Waals surface area (Å²) in [5, 5.41) is 7.74. The van der Waals surface area contributed by atoms with Crippen molar-refractivity contribution >= 4 is 17.1 Å². The second-order valence-electron chi connectivity index (χ2n) is 3.03. The number of hydrogen-bond donors (Lipinski definition) is 1. The third-order valence-corrected chi connectivity index (χ3v) is 2.41. The molecule has 2 rings (SSSR count). The Kier molecular flexibility index (Phi) is 2.65. The summed E-state index contributed by atoms with van der Waals surface area (Å²) in [5.74, 6) is 0. The number of nitrogens with one attached hydrogen (secondary N) is 1.